The zero-order valence-corrected chi connectivity index (χ0v) is 13.2. The van der Waals surface area contributed by atoms with Crippen molar-refractivity contribution in [3.8, 4) is 17.0 Å². The van der Waals surface area contributed by atoms with E-state index < -0.39 is 0 Å². The number of rotatable bonds is 7. The summed E-state index contributed by atoms with van der Waals surface area (Å²) in [6.45, 7) is 3.37. The minimum Gasteiger partial charge on any atom is -0.491 e. The van der Waals surface area contributed by atoms with Gasteiger partial charge in [0.1, 0.15) is 18.1 Å². The second kappa shape index (κ2) is 8.09. The van der Waals surface area contributed by atoms with E-state index in [1.165, 1.54) is 0 Å². The van der Waals surface area contributed by atoms with E-state index in [0.717, 1.165) is 11.3 Å². The van der Waals surface area contributed by atoms with E-state index in [9.17, 15) is 4.79 Å². The Morgan fingerprint density at radius 3 is 2.61 bits per heavy atom. The van der Waals surface area contributed by atoms with Crippen LogP contribution in [0.4, 0.5) is 5.95 Å². The van der Waals surface area contributed by atoms with Crippen molar-refractivity contribution in [3.63, 3.8) is 0 Å². The Labute approximate surface area is 134 Å². The van der Waals surface area contributed by atoms with Gasteiger partial charge in [0, 0.05) is 19.2 Å². The molecule has 2 rings (SSSR count). The highest BCUT2D eigenvalue weighted by Gasteiger charge is 2.11. The van der Waals surface area contributed by atoms with Crippen LogP contribution in [0.2, 0.25) is 0 Å². The van der Waals surface area contributed by atoms with E-state index >= 15 is 0 Å². The van der Waals surface area contributed by atoms with E-state index in [1.807, 2.05) is 31.2 Å². The number of nitrogen functional groups attached to an aromatic ring is 1. The second-order valence-electron chi connectivity index (χ2n) is 4.72. The molecule has 0 unspecified atom stereocenters. The number of hydrogen-bond donors (Lipinski definition) is 2. The number of carbonyl (C=O) groups excluding carboxylic acids is 1. The van der Waals surface area contributed by atoms with Crippen molar-refractivity contribution < 1.29 is 14.3 Å². The van der Waals surface area contributed by atoms with Gasteiger partial charge in [0.05, 0.1) is 12.3 Å². The lowest BCUT2D eigenvalue weighted by Crippen LogP contribution is -2.24. The lowest BCUT2D eigenvalue weighted by Gasteiger charge is -2.08. The minimum atomic E-state index is -0.276. The number of methoxy groups -OCH3 is 1. The number of amides is 1. The molecule has 0 aliphatic heterocycles. The third kappa shape index (κ3) is 4.65. The zero-order chi connectivity index (χ0) is 16.7. The minimum absolute atomic E-state index is 0.0594. The molecule has 0 bridgehead atoms. The number of ether oxygens (including phenoxy) is 2. The molecule has 2 aromatic rings. The summed E-state index contributed by atoms with van der Waals surface area (Å²) in [4.78, 5) is 20.0. The molecule has 0 aliphatic carbocycles. The monoisotopic (exact) mass is 316 g/mol. The Morgan fingerprint density at radius 1 is 1.22 bits per heavy atom. The molecule has 0 spiro atoms. The first-order chi connectivity index (χ1) is 11.1. The molecule has 3 N–H and O–H groups in total. The Balaban J connectivity index is 2.19. The highest BCUT2D eigenvalue weighted by atomic mass is 16.5. The predicted molar refractivity (Wildman–Crippen MR) is 87.3 cm³/mol. The first-order valence-corrected chi connectivity index (χ1v) is 7.29. The molecule has 0 saturated heterocycles. The van der Waals surface area contributed by atoms with Gasteiger partial charge in [-0.25, -0.2) is 9.97 Å². The van der Waals surface area contributed by atoms with Crippen molar-refractivity contribution in [2.24, 2.45) is 0 Å². The number of nitrogens with one attached hydrogen (secondary N) is 1. The summed E-state index contributed by atoms with van der Waals surface area (Å²) >= 11 is 0. The summed E-state index contributed by atoms with van der Waals surface area (Å²) in [6.07, 6.45) is 0. The van der Waals surface area contributed by atoms with Gasteiger partial charge in [0.15, 0.2) is 0 Å². The van der Waals surface area contributed by atoms with Gasteiger partial charge in [0.25, 0.3) is 5.91 Å². The fraction of sp³-hybridized carbons (Fsp3) is 0.312. The van der Waals surface area contributed by atoms with Crippen LogP contribution in [0.1, 0.15) is 17.4 Å². The Kier molecular flexibility index (Phi) is 5.87. The Bertz CT molecular complexity index is 659. The molecule has 1 amide bonds. The van der Waals surface area contributed by atoms with Gasteiger partial charge in [0.2, 0.25) is 5.95 Å². The molecule has 7 nitrogen and oxygen atoms in total. The number of nitrogens with two attached hydrogens (primary N) is 1. The first-order valence-electron chi connectivity index (χ1n) is 7.29. The maximum atomic E-state index is 11.9. The van der Waals surface area contributed by atoms with Crippen molar-refractivity contribution in [2.45, 2.75) is 6.92 Å². The molecule has 7 heteroatoms. The van der Waals surface area contributed by atoms with Crippen LogP contribution in [0.5, 0.6) is 5.75 Å². The average molecular weight is 316 g/mol. The Morgan fingerprint density at radius 2 is 1.96 bits per heavy atom. The third-order valence-electron chi connectivity index (χ3n) is 3.02. The van der Waals surface area contributed by atoms with Crippen LogP contribution in [0.15, 0.2) is 30.3 Å². The van der Waals surface area contributed by atoms with Crippen LogP contribution in [0, 0.1) is 0 Å². The van der Waals surface area contributed by atoms with Crippen LogP contribution in [0.3, 0.4) is 0 Å². The fourth-order valence-corrected chi connectivity index (χ4v) is 1.95. The van der Waals surface area contributed by atoms with E-state index in [0.29, 0.717) is 25.5 Å². The lowest BCUT2D eigenvalue weighted by atomic mass is 10.1. The van der Waals surface area contributed by atoms with Crippen LogP contribution in [0.25, 0.3) is 11.3 Å². The third-order valence-corrected chi connectivity index (χ3v) is 3.02. The van der Waals surface area contributed by atoms with E-state index in [-0.39, 0.29) is 17.5 Å². The topological polar surface area (TPSA) is 99.4 Å². The van der Waals surface area contributed by atoms with Gasteiger partial charge in [-0.15, -0.1) is 0 Å². The quantitative estimate of drug-likeness (QED) is 0.751. The lowest BCUT2D eigenvalue weighted by molar-refractivity contribution is 0.0951. The predicted octanol–water partition coefficient (Wildman–Crippen LogP) is 1.50. The Hall–Kier alpha value is -2.67. The van der Waals surface area contributed by atoms with Crippen LogP contribution in [-0.2, 0) is 4.74 Å². The van der Waals surface area contributed by atoms with Crippen LogP contribution >= 0.6 is 0 Å². The van der Waals surface area contributed by atoms with Gasteiger partial charge >= 0.3 is 0 Å². The number of aromatic nitrogens is 2. The summed E-state index contributed by atoms with van der Waals surface area (Å²) in [5, 5.41) is 2.69. The van der Waals surface area contributed by atoms with Gasteiger partial charge < -0.3 is 20.5 Å². The van der Waals surface area contributed by atoms with Gasteiger partial charge in [-0.1, -0.05) is 0 Å². The van der Waals surface area contributed by atoms with Crippen LogP contribution in [-0.4, -0.2) is 42.7 Å². The van der Waals surface area contributed by atoms with Crippen molar-refractivity contribution >= 4 is 11.9 Å². The standard InChI is InChI=1S/C16H20N4O3/c1-3-18-15(21)14-10-13(19-16(17)20-14)11-4-6-12(7-5-11)23-9-8-22-2/h4-7,10H,3,8-9H2,1-2H3,(H,18,21)(H2,17,19,20). The molecule has 1 heterocycles. The summed E-state index contributed by atoms with van der Waals surface area (Å²) in [5.74, 6) is 0.517. The fourth-order valence-electron chi connectivity index (χ4n) is 1.95. The molecule has 23 heavy (non-hydrogen) atoms. The number of carbonyl (C=O) groups is 1. The van der Waals surface area contributed by atoms with Crippen molar-refractivity contribution in [3.05, 3.63) is 36.0 Å². The average Bonchev–Trinajstić information content (AvgIpc) is 2.55. The molecule has 0 saturated carbocycles. The molecule has 1 aromatic carbocycles. The molecule has 1 aromatic heterocycles. The molecular weight excluding hydrogens is 296 g/mol. The SMILES string of the molecule is CCNC(=O)c1cc(-c2ccc(OCCOC)cc2)nc(N)n1. The van der Waals surface area contributed by atoms with Gasteiger partial charge in [-0.05, 0) is 37.3 Å². The maximum Gasteiger partial charge on any atom is 0.270 e. The zero-order valence-electron chi connectivity index (χ0n) is 13.2. The number of anilines is 1. The molecule has 0 atom stereocenters. The maximum absolute atomic E-state index is 11.9. The van der Waals surface area contributed by atoms with E-state index in [4.69, 9.17) is 15.2 Å². The summed E-state index contributed by atoms with van der Waals surface area (Å²) in [6, 6.07) is 8.98. The smallest absolute Gasteiger partial charge is 0.270 e. The normalized spacial score (nSPS) is 10.3. The van der Waals surface area contributed by atoms with Crippen molar-refractivity contribution in [1.82, 2.24) is 15.3 Å². The van der Waals surface area contributed by atoms with E-state index in [1.54, 1.807) is 13.2 Å². The summed E-state index contributed by atoms with van der Waals surface area (Å²) in [7, 11) is 1.62. The molecular formula is C16H20N4O3. The van der Waals surface area contributed by atoms with Crippen LogP contribution < -0.4 is 15.8 Å². The highest BCUT2D eigenvalue weighted by Crippen LogP contribution is 2.22. The highest BCUT2D eigenvalue weighted by molar-refractivity contribution is 5.93. The summed E-state index contributed by atoms with van der Waals surface area (Å²) < 4.78 is 10.4. The number of nitrogens with zero attached hydrogens (tertiary/aromatic N) is 2. The molecule has 0 aliphatic rings. The number of hydrogen-bond acceptors (Lipinski definition) is 6. The molecule has 0 radical (unpaired) electrons. The van der Waals surface area contributed by atoms with Crippen molar-refractivity contribution in [1.29, 1.82) is 0 Å². The number of benzene rings is 1. The molecule has 122 valence electrons. The molecule has 0 fully saturated rings. The van der Waals surface area contributed by atoms with E-state index in [2.05, 4.69) is 15.3 Å². The van der Waals surface area contributed by atoms with Gasteiger partial charge in [-0.2, -0.15) is 0 Å². The largest absolute Gasteiger partial charge is 0.491 e. The van der Waals surface area contributed by atoms with Crippen molar-refractivity contribution in [2.75, 3.05) is 32.6 Å². The second-order valence-corrected chi connectivity index (χ2v) is 4.72. The first kappa shape index (κ1) is 16.7. The summed E-state index contributed by atoms with van der Waals surface area (Å²) in [5.41, 5.74) is 7.35. The van der Waals surface area contributed by atoms with Gasteiger partial charge in [-0.3, -0.25) is 4.79 Å².